The molecule has 0 saturated carbocycles. The largest absolute Gasteiger partial charge is 0.332 e. The van der Waals surface area contributed by atoms with Gasteiger partial charge in [-0.1, -0.05) is 60.2 Å². The number of hydrogen-bond acceptors (Lipinski definition) is 5. The van der Waals surface area contributed by atoms with Crippen LogP contribution in [0.2, 0.25) is 0 Å². The van der Waals surface area contributed by atoms with Gasteiger partial charge >= 0.3 is 5.69 Å². The molecule has 0 saturated heterocycles. The number of fused-ring (bicyclic) bond motifs is 1. The molecule has 2 aromatic carbocycles. The van der Waals surface area contributed by atoms with Crippen LogP contribution in [0.15, 0.2) is 64.2 Å². The maximum Gasteiger partial charge on any atom is 0.332 e. The van der Waals surface area contributed by atoms with Crippen LogP contribution in [0.4, 0.5) is 0 Å². The van der Waals surface area contributed by atoms with Crippen molar-refractivity contribution in [2.75, 3.05) is 0 Å². The number of hydrogen-bond donors (Lipinski definition) is 0. The summed E-state index contributed by atoms with van der Waals surface area (Å²) >= 11 is 0. The number of ketones is 1. The summed E-state index contributed by atoms with van der Waals surface area (Å²) in [6.45, 7) is 1.96. The van der Waals surface area contributed by atoms with Gasteiger partial charge in [0.15, 0.2) is 11.2 Å². The molecule has 0 aliphatic carbocycles. The molecule has 7 heteroatoms. The molecule has 4 aromatic rings. The predicted molar refractivity (Wildman–Crippen MR) is 110 cm³/mol. The van der Waals surface area contributed by atoms with Gasteiger partial charge in [0.05, 0.1) is 0 Å². The molecule has 0 unspecified atom stereocenters. The first-order chi connectivity index (χ1) is 13.9. The van der Waals surface area contributed by atoms with Crippen LogP contribution >= 0.6 is 0 Å². The van der Waals surface area contributed by atoms with Crippen molar-refractivity contribution in [2.45, 2.75) is 6.92 Å². The van der Waals surface area contributed by atoms with E-state index in [9.17, 15) is 14.4 Å². The zero-order valence-electron chi connectivity index (χ0n) is 16.2. The van der Waals surface area contributed by atoms with E-state index >= 15 is 0 Å². The topological polar surface area (TPSA) is 86.8 Å². The van der Waals surface area contributed by atoms with Gasteiger partial charge in [0.25, 0.3) is 5.56 Å². The van der Waals surface area contributed by atoms with E-state index in [0.717, 1.165) is 10.1 Å². The Morgan fingerprint density at radius 2 is 1.52 bits per heavy atom. The number of aromatic nitrogens is 4. The van der Waals surface area contributed by atoms with E-state index in [2.05, 4.69) is 9.97 Å². The van der Waals surface area contributed by atoms with Crippen LogP contribution in [0.5, 0.6) is 0 Å². The van der Waals surface area contributed by atoms with Crippen LogP contribution < -0.4 is 11.2 Å². The van der Waals surface area contributed by atoms with Crippen molar-refractivity contribution >= 4 is 16.9 Å². The average molecular weight is 386 g/mol. The van der Waals surface area contributed by atoms with E-state index in [1.165, 1.54) is 18.7 Å². The summed E-state index contributed by atoms with van der Waals surface area (Å²) in [5, 5.41) is 0. The van der Waals surface area contributed by atoms with Crippen LogP contribution in [-0.2, 0) is 14.1 Å². The fourth-order valence-electron chi connectivity index (χ4n) is 3.16. The van der Waals surface area contributed by atoms with Gasteiger partial charge in [-0.05, 0) is 6.92 Å². The van der Waals surface area contributed by atoms with Crippen LogP contribution in [0.3, 0.4) is 0 Å². The monoisotopic (exact) mass is 386 g/mol. The molecule has 144 valence electrons. The van der Waals surface area contributed by atoms with Crippen molar-refractivity contribution in [3.63, 3.8) is 0 Å². The molecular weight excluding hydrogens is 368 g/mol. The van der Waals surface area contributed by atoms with E-state index in [0.29, 0.717) is 16.8 Å². The lowest BCUT2D eigenvalue weighted by Crippen LogP contribution is -2.38. The van der Waals surface area contributed by atoms with Crippen molar-refractivity contribution in [1.82, 2.24) is 19.1 Å². The van der Waals surface area contributed by atoms with E-state index in [4.69, 9.17) is 0 Å². The Hall–Kier alpha value is -3.87. The Labute approximate surface area is 165 Å². The van der Waals surface area contributed by atoms with Gasteiger partial charge in [-0.3, -0.25) is 18.7 Å². The van der Waals surface area contributed by atoms with Crippen LogP contribution in [0, 0.1) is 6.92 Å². The molecule has 0 N–H and O–H groups in total. The molecule has 0 atom stereocenters. The molecule has 2 heterocycles. The first-order valence-electron chi connectivity index (χ1n) is 9.03. The second kappa shape index (κ2) is 6.94. The fraction of sp³-hybridized carbons (Fsp3) is 0.136. The second-order valence-electron chi connectivity index (χ2n) is 6.86. The van der Waals surface area contributed by atoms with Gasteiger partial charge in [0.1, 0.15) is 11.4 Å². The number of rotatable bonds is 3. The van der Waals surface area contributed by atoms with Crippen molar-refractivity contribution in [2.24, 2.45) is 14.1 Å². The SMILES string of the molecule is Cc1ccc(-c2nc3c(nc2C(=O)c2ccccc2)c(=O)n(C)c(=O)n3C)cc1. The molecule has 2 aromatic heterocycles. The first kappa shape index (κ1) is 18.5. The van der Waals surface area contributed by atoms with Crippen LogP contribution in [-0.4, -0.2) is 24.9 Å². The average Bonchev–Trinajstić information content (AvgIpc) is 2.76. The van der Waals surface area contributed by atoms with Crippen molar-refractivity contribution in [1.29, 1.82) is 0 Å². The molecule has 4 rings (SSSR count). The third-order valence-corrected chi connectivity index (χ3v) is 4.85. The smallest absolute Gasteiger partial charge is 0.287 e. The highest BCUT2D eigenvalue weighted by molar-refractivity contribution is 6.11. The minimum atomic E-state index is -0.590. The number of aryl methyl sites for hydroxylation is 2. The van der Waals surface area contributed by atoms with Gasteiger partial charge in [0.2, 0.25) is 5.78 Å². The van der Waals surface area contributed by atoms with Gasteiger partial charge in [-0.25, -0.2) is 14.8 Å². The summed E-state index contributed by atoms with van der Waals surface area (Å²) in [7, 11) is 2.90. The minimum Gasteiger partial charge on any atom is -0.287 e. The number of carbonyl (C=O) groups is 1. The van der Waals surface area contributed by atoms with Crippen LogP contribution in [0.1, 0.15) is 21.6 Å². The first-order valence-corrected chi connectivity index (χ1v) is 9.03. The van der Waals surface area contributed by atoms with Gasteiger partial charge < -0.3 is 0 Å². The number of carbonyl (C=O) groups excluding carboxylic acids is 1. The van der Waals surface area contributed by atoms with Crippen molar-refractivity contribution < 1.29 is 4.79 Å². The standard InChI is InChI=1S/C22H18N4O3/c1-13-9-11-14(12-10-13)16-17(19(27)15-7-5-4-6-8-15)23-18-20(24-16)25(2)22(29)26(3)21(18)28/h4-12H,1-3H3. The molecule has 0 aliphatic heterocycles. The normalized spacial score (nSPS) is 11.0. The molecular formula is C22H18N4O3. The van der Waals surface area contributed by atoms with Crippen LogP contribution in [0.25, 0.3) is 22.4 Å². The van der Waals surface area contributed by atoms with E-state index in [-0.39, 0.29) is 22.6 Å². The lowest BCUT2D eigenvalue weighted by molar-refractivity contribution is 0.103. The van der Waals surface area contributed by atoms with Gasteiger partial charge in [-0.2, -0.15) is 0 Å². The summed E-state index contributed by atoms with van der Waals surface area (Å²) in [6.07, 6.45) is 0. The molecule has 0 aliphatic rings. The maximum atomic E-state index is 13.2. The molecule has 7 nitrogen and oxygen atoms in total. The quantitative estimate of drug-likeness (QED) is 0.504. The summed E-state index contributed by atoms with van der Waals surface area (Å²) in [4.78, 5) is 47.1. The van der Waals surface area contributed by atoms with Crippen molar-refractivity contribution in [3.05, 3.63) is 92.3 Å². The molecule has 0 amide bonds. The minimum absolute atomic E-state index is 0.0234. The summed E-state index contributed by atoms with van der Waals surface area (Å²) < 4.78 is 2.22. The van der Waals surface area contributed by atoms with Crippen molar-refractivity contribution in [3.8, 4) is 11.3 Å². The Balaban J connectivity index is 2.10. The maximum absolute atomic E-state index is 13.2. The zero-order valence-corrected chi connectivity index (χ0v) is 16.2. The second-order valence-corrected chi connectivity index (χ2v) is 6.86. The highest BCUT2D eigenvalue weighted by Gasteiger charge is 2.22. The summed E-state index contributed by atoms with van der Waals surface area (Å²) in [5.74, 6) is -0.341. The number of benzene rings is 2. The lowest BCUT2D eigenvalue weighted by atomic mass is 10.0. The molecule has 29 heavy (non-hydrogen) atoms. The Morgan fingerprint density at radius 1 is 0.862 bits per heavy atom. The van der Waals surface area contributed by atoms with Gasteiger partial charge in [-0.15, -0.1) is 0 Å². The highest BCUT2D eigenvalue weighted by Crippen LogP contribution is 2.24. The Bertz CT molecular complexity index is 1370. The summed E-state index contributed by atoms with van der Waals surface area (Å²) in [5.41, 5.74) is 1.59. The third-order valence-electron chi connectivity index (χ3n) is 4.85. The fourth-order valence-corrected chi connectivity index (χ4v) is 3.16. The summed E-state index contributed by atoms with van der Waals surface area (Å²) in [6, 6.07) is 16.2. The van der Waals surface area contributed by atoms with E-state index in [1.54, 1.807) is 24.3 Å². The third kappa shape index (κ3) is 3.06. The number of nitrogens with zero attached hydrogens (tertiary/aromatic N) is 4. The Kier molecular flexibility index (Phi) is 4.43. The Morgan fingerprint density at radius 3 is 2.17 bits per heavy atom. The molecule has 0 bridgehead atoms. The lowest BCUT2D eigenvalue weighted by Gasteiger charge is -2.12. The van der Waals surface area contributed by atoms with E-state index < -0.39 is 11.2 Å². The zero-order chi connectivity index (χ0) is 20.7. The molecule has 0 spiro atoms. The predicted octanol–water partition coefficient (Wildman–Crippen LogP) is 2.23. The van der Waals surface area contributed by atoms with Gasteiger partial charge in [0, 0.05) is 25.2 Å². The van der Waals surface area contributed by atoms with E-state index in [1.807, 2.05) is 37.3 Å². The highest BCUT2D eigenvalue weighted by atomic mass is 16.2. The molecule has 0 fully saturated rings. The molecule has 0 radical (unpaired) electrons.